The Hall–Kier alpha value is -2.37. The van der Waals surface area contributed by atoms with E-state index in [1.54, 1.807) is 0 Å². The molecule has 0 aliphatic rings. The summed E-state index contributed by atoms with van der Waals surface area (Å²) in [6, 6.07) is 8.52. The third-order valence-electron chi connectivity index (χ3n) is 3.65. The fourth-order valence-corrected chi connectivity index (χ4v) is 2.52. The number of para-hydroxylation sites is 1. The Bertz CT molecular complexity index is 572. The number of hydrogen-bond donors (Lipinski definition) is 2. The van der Waals surface area contributed by atoms with Crippen molar-refractivity contribution in [1.29, 1.82) is 0 Å². The molecule has 0 spiro atoms. The maximum Gasteiger partial charge on any atom is 0.328 e. The molecule has 0 aliphatic carbocycles. The summed E-state index contributed by atoms with van der Waals surface area (Å²) >= 11 is 0. The van der Waals surface area contributed by atoms with Crippen LogP contribution in [0.1, 0.15) is 40.0 Å². The van der Waals surface area contributed by atoms with E-state index in [0.717, 1.165) is 5.69 Å². The maximum absolute atomic E-state index is 12.2. The van der Waals surface area contributed by atoms with E-state index in [-0.39, 0.29) is 36.5 Å². The Morgan fingerprint density at radius 1 is 1.00 bits per heavy atom. The van der Waals surface area contributed by atoms with Gasteiger partial charge in [0.05, 0.1) is 7.11 Å². The average Bonchev–Trinajstić information content (AvgIpc) is 2.53. The van der Waals surface area contributed by atoms with Crippen molar-refractivity contribution in [1.82, 2.24) is 5.32 Å². The Labute approximate surface area is 149 Å². The number of nitrogens with one attached hydrogen (secondary N) is 2. The summed E-state index contributed by atoms with van der Waals surface area (Å²) in [7, 11) is 1.30. The molecule has 1 aromatic carbocycles. The van der Waals surface area contributed by atoms with Gasteiger partial charge in [0.2, 0.25) is 11.8 Å². The van der Waals surface area contributed by atoms with Crippen molar-refractivity contribution >= 4 is 23.5 Å². The molecule has 2 atom stereocenters. The Morgan fingerprint density at radius 3 is 2.16 bits per heavy atom. The Balaban J connectivity index is 2.46. The molecule has 0 aromatic heterocycles. The quantitative estimate of drug-likeness (QED) is 0.672. The van der Waals surface area contributed by atoms with Crippen LogP contribution in [0.25, 0.3) is 0 Å². The highest BCUT2D eigenvalue weighted by Gasteiger charge is 2.23. The Morgan fingerprint density at radius 2 is 1.60 bits per heavy atom. The summed E-state index contributed by atoms with van der Waals surface area (Å²) in [4.78, 5) is 35.9. The molecule has 0 unspecified atom stereocenters. The lowest BCUT2D eigenvalue weighted by molar-refractivity contribution is -0.145. The van der Waals surface area contributed by atoms with Gasteiger partial charge in [0, 0.05) is 18.5 Å². The standard InChI is InChI=1S/C19H28N2O4/c1-13(2)10-16(19(24)25-4)21-18(23)12-14(3)11-17(22)20-15-8-6-5-7-9-15/h5-9,13-14,16H,10-12H2,1-4H3,(H,20,22)(H,21,23)/t14-,16-/m1/s1. The van der Waals surface area contributed by atoms with Gasteiger partial charge in [-0.2, -0.15) is 0 Å². The van der Waals surface area contributed by atoms with Crippen LogP contribution in [-0.2, 0) is 19.1 Å². The van der Waals surface area contributed by atoms with E-state index >= 15 is 0 Å². The van der Waals surface area contributed by atoms with Gasteiger partial charge in [-0.3, -0.25) is 9.59 Å². The van der Waals surface area contributed by atoms with Gasteiger partial charge in [-0.05, 0) is 30.4 Å². The second-order valence-electron chi connectivity index (χ2n) is 6.70. The molecule has 1 rings (SSSR count). The molecule has 138 valence electrons. The molecule has 6 heteroatoms. The number of esters is 1. The number of hydrogen-bond acceptors (Lipinski definition) is 4. The predicted molar refractivity (Wildman–Crippen MR) is 96.9 cm³/mol. The zero-order chi connectivity index (χ0) is 18.8. The zero-order valence-electron chi connectivity index (χ0n) is 15.4. The lowest BCUT2D eigenvalue weighted by Crippen LogP contribution is -2.42. The topological polar surface area (TPSA) is 84.5 Å². The summed E-state index contributed by atoms with van der Waals surface area (Å²) < 4.78 is 4.73. The first-order chi connectivity index (χ1) is 11.8. The molecule has 0 saturated heterocycles. The number of rotatable bonds is 9. The number of ether oxygens (including phenoxy) is 1. The van der Waals surface area contributed by atoms with Gasteiger partial charge >= 0.3 is 5.97 Å². The number of carbonyl (C=O) groups is 3. The van der Waals surface area contributed by atoms with Gasteiger partial charge in [0.25, 0.3) is 0 Å². The van der Waals surface area contributed by atoms with Crippen LogP contribution in [0.2, 0.25) is 0 Å². The summed E-state index contributed by atoms with van der Waals surface area (Å²) in [5.41, 5.74) is 0.729. The first kappa shape index (κ1) is 20.7. The smallest absolute Gasteiger partial charge is 0.328 e. The largest absolute Gasteiger partial charge is 0.467 e. The van der Waals surface area contributed by atoms with Crippen molar-refractivity contribution in [3.63, 3.8) is 0 Å². The Kier molecular flexibility index (Phi) is 8.67. The molecule has 0 saturated carbocycles. The first-order valence-electron chi connectivity index (χ1n) is 8.53. The van der Waals surface area contributed by atoms with Gasteiger partial charge < -0.3 is 15.4 Å². The summed E-state index contributed by atoms with van der Waals surface area (Å²) in [6.07, 6.45) is 0.921. The lowest BCUT2D eigenvalue weighted by Gasteiger charge is -2.19. The van der Waals surface area contributed by atoms with Crippen LogP contribution in [0.4, 0.5) is 5.69 Å². The monoisotopic (exact) mass is 348 g/mol. The molecule has 0 aliphatic heterocycles. The SMILES string of the molecule is COC(=O)[C@@H](CC(C)C)NC(=O)C[C@H](C)CC(=O)Nc1ccccc1. The molecular formula is C19H28N2O4. The van der Waals surface area contributed by atoms with E-state index in [4.69, 9.17) is 4.74 Å². The third kappa shape index (κ3) is 8.33. The summed E-state index contributed by atoms with van der Waals surface area (Å²) in [6.45, 7) is 5.77. The average molecular weight is 348 g/mol. The molecule has 0 radical (unpaired) electrons. The molecule has 2 amide bonds. The summed E-state index contributed by atoms with van der Waals surface area (Å²) in [5, 5.41) is 5.50. The normalized spacial score (nSPS) is 13.0. The van der Waals surface area contributed by atoms with Crippen molar-refractivity contribution in [2.24, 2.45) is 11.8 Å². The molecule has 1 aromatic rings. The fourth-order valence-electron chi connectivity index (χ4n) is 2.52. The summed E-state index contributed by atoms with van der Waals surface area (Å²) in [5.74, 6) is -0.731. The zero-order valence-corrected chi connectivity index (χ0v) is 15.4. The van der Waals surface area contributed by atoms with E-state index in [9.17, 15) is 14.4 Å². The van der Waals surface area contributed by atoms with Crippen molar-refractivity contribution in [3.8, 4) is 0 Å². The number of anilines is 1. The van der Waals surface area contributed by atoms with Crippen LogP contribution < -0.4 is 10.6 Å². The first-order valence-corrected chi connectivity index (χ1v) is 8.53. The second kappa shape index (κ2) is 10.5. The van der Waals surface area contributed by atoms with Crippen molar-refractivity contribution < 1.29 is 19.1 Å². The van der Waals surface area contributed by atoms with E-state index in [0.29, 0.717) is 6.42 Å². The molecule has 0 heterocycles. The molecule has 25 heavy (non-hydrogen) atoms. The minimum Gasteiger partial charge on any atom is -0.467 e. The maximum atomic E-state index is 12.2. The van der Waals surface area contributed by atoms with Gasteiger partial charge in [-0.15, -0.1) is 0 Å². The van der Waals surface area contributed by atoms with Crippen LogP contribution in [0.3, 0.4) is 0 Å². The highest BCUT2D eigenvalue weighted by atomic mass is 16.5. The van der Waals surface area contributed by atoms with Crippen LogP contribution >= 0.6 is 0 Å². The third-order valence-corrected chi connectivity index (χ3v) is 3.65. The van der Waals surface area contributed by atoms with Gasteiger partial charge in [0.1, 0.15) is 6.04 Å². The molecule has 6 nitrogen and oxygen atoms in total. The number of carbonyl (C=O) groups excluding carboxylic acids is 3. The van der Waals surface area contributed by atoms with Crippen LogP contribution in [0.15, 0.2) is 30.3 Å². The van der Waals surface area contributed by atoms with Crippen molar-refractivity contribution in [2.75, 3.05) is 12.4 Å². The van der Waals surface area contributed by atoms with Gasteiger partial charge in [0.15, 0.2) is 0 Å². The van der Waals surface area contributed by atoms with E-state index in [1.165, 1.54) is 7.11 Å². The molecule has 0 bridgehead atoms. The van der Waals surface area contributed by atoms with E-state index < -0.39 is 12.0 Å². The van der Waals surface area contributed by atoms with Crippen LogP contribution in [0, 0.1) is 11.8 Å². The predicted octanol–water partition coefficient (Wildman–Crippen LogP) is 2.75. The highest BCUT2D eigenvalue weighted by molar-refractivity contribution is 5.91. The number of benzene rings is 1. The van der Waals surface area contributed by atoms with Gasteiger partial charge in [-0.1, -0.05) is 39.0 Å². The second-order valence-corrected chi connectivity index (χ2v) is 6.70. The van der Waals surface area contributed by atoms with Gasteiger partial charge in [-0.25, -0.2) is 4.79 Å². The van der Waals surface area contributed by atoms with Crippen LogP contribution in [-0.4, -0.2) is 30.9 Å². The van der Waals surface area contributed by atoms with Crippen LogP contribution in [0.5, 0.6) is 0 Å². The van der Waals surface area contributed by atoms with E-state index in [1.807, 2.05) is 51.1 Å². The molecular weight excluding hydrogens is 320 g/mol. The minimum atomic E-state index is -0.650. The highest BCUT2D eigenvalue weighted by Crippen LogP contribution is 2.12. The number of amides is 2. The molecule has 2 N–H and O–H groups in total. The number of methoxy groups -OCH3 is 1. The van der Waals surface area contributed by atoms with Crippen molar-refractivity contribution in [2.45, 2.75) is 46.1 Å². The lowest BCUT2D eigenvalue weighted by atomic mass is 10.0. The van der Waals surface area contributed by atoms with Crippen molar-refractivity contribution in [3.05, 3.63) is 30.3 Å². The fraction of sp³-hybridized carbons (Fsp3) is 0.526. The molecule has 0 fully saturated rings. The van der Waals surface area contributed by atoms with E-state index in [2.05, 4.69) is 10.6 Å². The minimum absolute atomic E-state index is 0.138.